The van der Waals surface area contributed by atoms with Gasteiger partial charge in [0.15, 0.2) is 0 Å². The molecular formula is C31H38F3N5O2. The number of hydrogen-bond donors (Lipinski definition) is 1. The number of fused-ring (bicyclic) bond motifs is 1. The zero-order chi connectivity index (χ0) is 29.1. The number of carbonyl (C=O) groups is 1. The van der Waals surface area contributed by atoms with Crippen molar-refractivity contribution in [1.29, 1.82) is 0 Å². The summed E-state index contributed by atoms with van der Waals surface area (Å²) >= 11 is 0. The molecular weight excluding hydrogens is 531 g/mol. The summed E-state index contributed by atoms with van der Waals surface area (Å²) in [5, 5.41) is 3.56. The van der Waals surface area contributed by atoms with E-state index < -0.39 is 23.5 Å². The normalized spacial score (nSPS) is 22.1. The molecule has 0 bridgehead atoms. The summed E-state index contributed by atoms with van der Waals surface area (Å²) in [5.74, 6) is -1.32. The Labute approximate surface area is 238 Å². The fourth-order valence-electron chi connectivity index (χ4n) is 6.79. The molecule has 220 valence electrons. The number of aromatic nitrogens is 2. The summed E-state index contributed by atoms with van der Waals surface area (Å²) in [4.78, 5) is 32.7. The first kappa shape index (κ1) is 29.1. The van der Waals surface area contributed by atoms with Crippen LogP contribution in [0.15, 0.2) is 47.5 Å². The van der Waals surface area contributed by atoms with Crippen LogP contribution in [0.5, 0.6) is 0 Å². The minimum Gasteiger partial charge on any atom is -0.324 e. The Morgan fingerprint density at radius 3 is 2.46 bits per heavy atom. The number of benzene rings is 2. The highest BCUT2D eigenvalue weighted by Gasteiger charge is 2.42. The van der Waals surface area contributed by atoms with E-state index in [4.69, 9.17) is 0 Å². The van der Waals surface area contributed by atoms with Crippen molar-refractivity contribution < 1.29 is 18.0 Å². The first-order chi connectivity index (χ1) is 19.7. The highest BCUT2D eigenvalue weighted by molar-refractivity contribution is 5.77. The minimum atomic E-state index is -0.460. The Morgan fingerprint density at radius 2 is 1.71 bits per heavy atom. The van der Waals surface area contributed by atoms with Crippen LogP contribution >= 0.6 is 0 Å². The molecule has 2 saturated heterocycles. The Morgan fingerprint density at radius 1 is 1.00 bits per heavy atom. The van der Waals surface area contributed by atoms with Gasteiger partial charge in [-0.3, -0.25) is 4.79 Å². The van der Waals surface area contributed by atoms with Gasteiger partial charge in [0.25, 0.3) is 5.56 Å². The lowest BCUT2D eigenvalue weighted by Gasteiger charge is -2.46. The molecule has 2 unspecified atom stereocenters. The SMILES string of the molecule is CNC1CCN(C(=O)N2CCCC3(CCCC3)C2)C(c2cc(F)ccc2F)C1.Cn1cnc2ccc(F)cc2c1=O. The van der Waals surface area contributed by atoms with Gasteiger partial charge in [-0.2, -0.15) is 0 Å². The van der Waals surface area contributed by atoms with Crippen molar-refractivity contribution in [2.24, 2.45) is 12.5 Å². The molecule has 7 nitrogen and oxygen atoms in total. The van der Waals surface area contributed by atoms with Gasteiger partial charge in [-0.1, -0.05) is 12.8 Å². The highest BCUT2D eigenvalue weighted by atomic mass is 19.1. The second-order valence-electron chi connectivity index (χ2n) is 11.7. The molecule has 3 aromatic rings. The van der Waals surface area contributed by atoms with E-state index in [1.165, 1.54) is 73.3 Å². The van der Waals surface area contributed by atoms with E-state index in [9.17, 15) is 22.8 Å². The summed E-state index contributed by atoms with van der Waals surface area (Å²) in [5.41, 5.74) is 0.867. The molecule has 3 fully saturated rings. The van der Waals surface area contributed by atoms with Gasteiger partial charge >= 0.3 is 6.03 Å². The number of amides is 2. The monoisotopic (exact) mass is 569 g/mol. The molecule has 10 heteroatoms. The van der Waals surface area contributed by atoms with Gasteiger partial charge in [-0.15, -0.1) is 0 Å². The molecule has 6 rings (SSSR count). The van der Waals surface area contributed by atoms with Crippen LogP contribution in [-0.4, -0.2) is 58.1 Å². The van der Waals surface area contributed by atoms with E-state index in [1.54, 1.807) is 11.9 Å². The largest absolute Gasteiger partial charge is 0.324 e. The highest BCUT2D eigenvalue weighted by Crippen LogP contribution is 2.45. The topological polar surface area (TPSA) is 70.5 Å². The predicted octanol–water partition coefficient (Wildman–Crippen LogP) is 5.54. The number of rotatable bonds is 2. The lowest BCUT2D eigenvalue weighted by molar-refractivity contribution is 0.0647. The first-order valence-electron chi connectivity index (χ1n) is 14.5. The van der Waals surface area contributed by atoms with E-state index >= 15 is 0 Å². The van der Waals surface area contributed by atoms with Crippen molar-refractivity contribution in [2.75, 3.05) is 26.7 Å². The van der Waals surface area contributed by atoms with Crippen molar-refractivity contribution >= 4 is 16.9 Å². The summed E-state index contributed by atoms with van der Waals surface area (Å²) in [7, 11) is 3.47. The van der Waals surface area contributed by atoms with Crippen LogP contribution in [0, 0.1) is 22.9 Å². The molecule has 2 aromatic carbocycles. The molecule has 1 aromatic heterocycles. The van der Waals surface area contributed by atoms with Gasteiger partial charge in [0.05, 0.1) is 23.3 Å². The maximum atomic E-state index is 14.6. The second kappa shape index (κ2) is 12.2. The molecule has 1 aliphatic carbocycles. The molecule has 41 heavy (non-hydrogen) atoms. The summed E-state index contributed by atoms with van der Waals surface area (Å²) in [6.07, 6.45) is 10.0. The first-order valence-corrected chi connectivity index (χ1v) is 14.5. The number of piperidine rings is 2. The third-order valence-electron chi connectivity index (χ3n) is 9.05. The van der Waals surface area contributed by atoms with E-state index in [-0.39, 0.29) is 23.0 Å². The Balaban J connectivity index is 0.000000216. The van der Waals surface area contributed by atoms with Gasteiger partial charge in [-0.05, 0) is 87.4 Å². The minimum absolute atomic E-state index is 0.00538. The smallest absolute Gasteiger partial charge is 0.320 e. The van der Waals surface area contributed by atoms with Gasteiger partial charge in [-0.25, -0.2) is 22.9 Å². The fourth-order valence-corrected chi connectivity index (χ4v) is 6.79. The molecule has 2 aliphatic heterocycles. The number of hydrogen-bond acceptors (Lipinski definition) is 4. The van der Waals surface area contributed by atoms with E-state index in [2.05, 4.69) is 10.3 Å². The molecule has 2 atom stereocenters. The summed E-state index contributed by atoms with van der Waals surface area (Å²) < 4.78 is 42.5. The zero-order valence-electron chi connectivity index (χ0n) is 23.7. The van der Waals surface area contributed by atoms with Crippen molar-refractivity contribution in [2.45, 2.75) is 63.5 Å². The molecule has 1 N–H and O–H groups in total. The van der Waals surface area contributed by atoms with E-state index in [0.717, 1.165) is 32.0 Å². The van der Waals surface area contributed by atoms with Crippen LogP contribution in [0.4, 0.5) is 18.0 Å². The number of nitrogens with zero attached hydrogens (tertiary/aromatic N) is 4. The maximum Gasteiger partial charge on any atom is 0.320 e. The number of urea groups is 1. The number of aryl methyl sites for hydroxylation is 1. The second-order valence-corrected chi connectivity index (χ2v) is 11.7. The molecule has 3 heterocycles. The number of likely N-dealkylation sites (tertiary alicyclic amines) is 2. The molecule has 1 saturated carbocycles. The molecule has 1 spiro atoms. The van der Waals surface area contributed by atoms with E-state index in [1.807, 2.05) is 11.9 Å². The standard InChI is InChI=1S/C22H31F2N3O.C9H7FN2O/c1-25-17-7-12-27(20(14-17)18-13-16(23)5-6-19(18)24)21(28)26-11-4-10-22(15-26)8-2-3-9-22;1-12-5-11-8-3-2-6(10)4-7(8)9(12)13/h5-6,13,17,20,25H,2-4,7-12,14-15H2,1H3;2-5H,1H3. The van der Waals surface area contributed by atoms with Crippen molar-refractivity contribution in [3.8, 4) is 0 Å². The van der Waals surface area contributed by atoms with Gasteiger partial charge in [0, 0.05) is 38.3 Å². The third-order valence-corrected chi connectivity index (χ3v) is 9.05. The number of carbonyl (C=O) groups excluding carboxylic acids is 1. The van der Waals surface area contributed by atoms with Crippen LogP contribution in [0.3, 0.4) is 0 Å². The van der Waals surface area contributed by atoms with Crippen molar-refractivity contribution in [3.63, 3.8) is 0 Å². The van der Waals surface area contributed by atoms with Crippen LogP contribution < -0.4 is 10.9 Å². The van der Waals surface area contributed by atoms with Crippen molar-refractivity contribution in [3.05, 3.63) is 76.1 Å². The Kier molecular flexibility index (Phi) is 8.68. The van der Waals surface area contributed by atoms with Gasteiger partial charge in [0.2, 0.25) is 0 Å². The van der Waals surface area contributed by atoms with Crippen LogP contribution in [0.25, 0.3) is 10.9 Å². The van der Waals surface area contributed by atoms with Crippen LogP contribution in [0.2, 0.25) is 0 Å². The lowest BCUT2D eigenvalue weighted by Crippen LogP contribution is -2.54. The average Bonchev–Trinajstić information content (AvgIpc) is 3.43. The molecule has 2 amide bonds. The maximum absolute atomic E-state index is 14.6. The summed E-state index contributed by atoms with van der Waals surface area (Å²) in [6, 6.07) is 7.30. The Bertz CT molecular complexity index is 1450. The fraction of sp³-hybridized carbons (Fsp3) is 0.516. The predicted molar refractivity (Wildman–Crippen MR) is 152 cm³/mol. The van der Waals surface area contributed by atoms with Crippen LogP contribution in [-0.2, 0) is 7.05 Å². The zero-order valence-corrected chi connectivity index (χ0v) is 23.7. The summed E-state index contributed by atoms with van der Waals surface area (Å²) in [6.45, 7) is 2.15. The van der Waals surface area contributed by atoms with Crippen molar-refractivity contribution in [1.82, 2.24) is 24.7 Å². The average molecular weight is 570 g/mol. The quantitative estimate of drug-likeness (QED) is 0.440. The van der Waals surface area contributed by atoms with Gasteiger partial charge < -0.3 is 19.7 Å². The van der Waals surface area contributed by atoms with Gasteiger partial charge in [0.1, 0.15) is 17.5 Å². The third kappa shape index (κ3) is 6.27. The lowest BCUT2D eigenvalue weighted by atomic mass is 9.78. The number of nitrogens with one attached hydrogen (secondary N) is 1. The Hall–Kier alpha value is -3.40. The van der Waals surface area contributed by atoms with E-state index in [0.29, 0.717) is 29.4 Å². The number of halogens is 3. The van der Waals surface area contributed by atoms with Crippen LogP contribution in [0.1, 0.15) is 63.0 Å². The molecule has 3 aliphatic rings. The molecule has 0 radical (unpaired) electrons.